The van der Waals surface area contributed by atoms with Gasteiger partial charge in [-0.3, -0.25) is 9.69 Å². The Hall–Kier alpha value is -4.37. The lowest BCUT2D eigenvalue weighted by molar-refractivity contribution is 0.214. The van der Waals surface area contributed by atoms with E-state index < -0.39 is 6.04 Å². The quantitative estimate of drug-likeness (QED) is 0.292. The van der Waals surface area contributed by atoms with Crippen LogP contribution in [0.25, 0.3) is 10.9 Å². The van der Waals surface area contributed by atoms with Crippen molar-refractivity contribution >= 4 is 10.9 Å². The zero-order valence-electron chi connectivity index (χ0n) is 21.3. The second-order valence-electron chi connectivity index (χ2n) is 9.01. The molecule has 0 unspecified atom stereocenters. The van der Waals surface area contributed by atoms with E-state index in [4.69, 9.17) is 4.74 Å². The van der Waals surface area contributed by atoms with Crippen LogP contribution >= 0.6 is 0 Å². The van der Waals surface area contributed by atoms with Gasteiger partial charge in [0, 0.05) is 23.0 Å². The second-order valence-corrected chi connectivity index (χ2v) is 9.01. The van der Waals surface area contributed by atoms with Gasteiger partial charge in [0.25, 0.3) is 5.56 Å². The molecule has 1 N–H and O–H groups in total. The average Bonchev–Trinajstić information content (AvgIpc) is 3.38. The minimum atomic E-state index is -0.542. The van der Waals surface area contributed by atoms with Crippen LogP contribution in [0.2, 0.25) is 0 Å². The molecule has 0 aliphatic carbocycles. The second kappa shape index (κ2) is 11.4. The summed E-state index contributed by atoms with van der Waals surface area (Å²) in [5.41, 5.74) is 2.98. The van der Waals surface area contributed by atoms with Crippen molar-refractivity contribution in [3.8, 4) is 5.75 Å². The highest BCUT2D eigenvalue weighted by molar-refractivity contribution is 5.80. The molecule has 0 aliphatic rings. The van der Waals surface area contributed by atoms with Gasteiger partial charge in [-0.1, -0.05) is 49.4 Å². The third-order valence-corrected chi connectivity index (χ3v) is 6.50. The summed E-state index contributed by atoms with van der Waals surface area (Å²) in [6.07, 6.45) is 0. The van der Waals surface area contributed by atoms with Crippen LogP contribution in [0.5, 0.6) is 5.75 Å². The van der Waals surface area contributed by atoms with Crippen molar-refractivity contribution in [2.45, 2.75) is 33.0 Å². The Morgan fingerprint density at radius 3 is 2.53 bits per heavy atom. The summed E-state index contributed by atoms with van der Waals surface area (Å²) in [4.78, 5) is 18.7. The van der Waals surface area contributed by atoms with E-state index in [0.717, 1.165) is 27.8 Å². The molecule has 0 saturated heterocycles. The molecular formula is C29H29FN6O2. The molecule has 0 radical (unpaired) electrons. The summed E-state index contributed by atoms with van der Waals surface area (Å²) in [5, 5.41) is 13.4. The van der Waals surface area contributed by atoms with E-state index in [1.807, 2.05) is 56.3 Å². The Morgan fingerprint density at radius 2 is 1.79 bits per heavy atom. The van der Waals surface area contributed by atoms with E-state index in [1.165, 1.54) is 12.1 Å². The first-order valence-electron chi connectivity index (χ1n) is 12.6. The van der Waals surface area contributed by atoms with Gasteiger partial charge in [0.15, 0.2) is 5.82 Å². The Kier molecular flexibility index (Phi) is 7.55. The minimum Gasteiger partial charge on any atom is -0.494 e. The maximum absolute atomic E-state index is 13.5. The number of tetrazole rings is 1. The zero-order valence-corrected chi connectivity index (χ0v) is 21.3. The molecule has 9 heteroatoms. The number of benzene rings is 3. The number of H-pyrrole nitrogens is 1. The molecule has 2 aromatic heterocycles. The lowest BCUT2D eigenvalue weighted by atomic mass is 10.0. The normalized spacial score (nSPS) is 12.2. The van der Waals surface area contributed by atoms with Crippen molar-refractivity contribution in [1.29, 1.82) is 0 Å². The topological polar surface area (TPSA) is 88.9 Å². The first-order chi connectivity index (χ1) is 18.6. The maximum Gasteiger partial charge on any atom is 0.253 e. The van der Waals surface area contributed by atoms with Gasteiger partial charge < -0.3 is 9.72 Å². The average molecular weight is 513 g/mol. The Morgan fingerprint density at radius 1 is 1.00 bits per heavy atom. The van der Waals surface area contributed by atoms with Crippen LogP contribution in [-0.4, -0.2) is 43.2 Å². The Balaban J connectivity index is 1.63. The van der Waals surface area contributed by atoms with Crippen LogP contribution in [0.3, 0.4) is 0 Å². The molecular weight excluding hydrogens is 483 g/mol. The maximum atomic E-state index is 13.5. The predicted molar refractivity (Wildman–Crippen MR) is 143 cm³/mol. The number of nitrogens with one attached hydrogen (secondary N) is 1. The number of hydrogen-bond acceptors (Lipinski definition) is 6. The summed E-state index contributed by atoms with van der Waals surface area (Å²) in [7, 11) is 0. The fourth-order valence-corrected chi connectivity index (χ4v) is 4.65. The number of fused-ring (bicyclic) bond motifs is 1. The standard InChI is InChI=1S/C29H29FN6O2/c1-3-35(18-20-8-6-5-7-9-20)27(28-32-33-34-36(28)19-21-10-12-23(30)13-11-21)25-17-22-16-24(38-4-2)14-15-26(22)31-29(25)37/h5-17,27H,3-4,18-19H2,1-2H3,(H,31,37)/t27-/m0/s1. The van der Waals surface area contributed by atoms with E-state index in [2.05, 4.69) is 37.5 Å². The van der Waals surface area contributed by atoms with Crippen molar-refractivity contribution in [3.63, 3.8) is 0 Å². The van der Waals surface area contributed by atoms with Crippen molar-refractivity contribution in [1.82, 2.24) is 30.1 Å². The van der Waals surface area contributed by atoms with Gasteiger partial charge in [0.2, 0.25) is 0 Å². The van der Waals surface area contributed by atoms with Gasteiger partial charge in [-0.05, 0) is 71.4 Å². The number of aromatic nitrogens is 5. The number of ether oxygens (including phenoxy) is 1. The molecule has 0 aliphatic heterocycles. The van der Waals surface area contributed by atoms with E-state index in [9.17, 15) is 9.18 Å². The summed E-state index contributed by atoms with van der Waals surface area (Å²) in [5.74, 6) is 0.947. The smallest absolute Gasteiger partial charge is 0.253 e. The van der Waals surface area contributed by atoms with Crippen LogP contribution in [-0.2, 0) is 13.1 Å². The van der Waals surface area contributed by atoms with Gasteiger partial charge in [-0.25, -0.2) is 9.07 Å². The third kappa shape index (κ3) is 5.47. The van der Waals surface area contributed by atoms with Gasteiger partial charge in [-0.15, -0.1) is 5.10 Å². The fourth-order valence-electron chi connectivity index (χ4n) is 4.65. The Bertz CT molecular complexity index is 1570. The number of halogens is 1. The summed E-state index contributed by atoms with van der Waals surface area (Å²) >= 11 is 0. The number of rotatable bonds is 10. The van der Waals surface area contributed by atoms with E-state index >= 15 is 0 Å². The SMILES string of the molecule is CCOc1ccc2[nH]c(=O)c([C@@H](c3nnnn3Cc3ccc(F)cc3)N(CC)Cc3ccccc3)cc2c1. The van der Waals surface area contributed by atoms with Crippen LogP contribution in [0.1, 0.15) is 42.4 Å². The highest BCUT2D eigenvalue weighted by Gasteiger charge is 2.30. The number of hydrogen-bond donors (Lipinski definition) is 1. The van der Waals surface area contributed by atoms with Crippen molar-refractivity contribution in [2.24, 2.45) is 0 Å². The fraction of sp³-hybridized carbons (Fsp3) is 0.241. The minimum absolute atomic E-state index is 0.213. The van der Waals surface area contributed by atoms with Gasteiger partial charge in [-0.2, -0.15) is 0 Å². The van der Waals surface area contributed by atoms with Gasteiger partial charge in [0.05, 0.1) is 13.2 Å². The first kappa shape index (κ1) is 25.3. The molecule has 194 valence electrons. The number of pyridine rings is 1. The van der Waals surface area contributed by atoms with Gasteiger partial charge in [0.1, 0.15) is 17.6 Å². The van der Waals surface area contributed by atoms with E-state index in [0.29, 0.717) is 37.6 Å². The van der Waals surface area contributed by atoms with Crippen LogP contribution in [0.15, 0.2) is 83.7 Å². The molecule has 8 nitrogen and oxygen atoms in total. The lowest BCUT2D eigenvalue weighted by Crippen LogP contribution is -2.35. The summed E-state index contributed by atoms with van der Waals surface area (Å²) in [6, 6.07) is 23.3. The van der Waals surface area contributed by atoms with Crippen LogP contribution < -0.4 is 10.3 Å². The lowest BCUT2D eigenvalue weighted by Gasteiger charge is -2.30. The summed E-state index contributed by atoms with van der Waals surface area (Å²) in [6.45, 7) is 6.08. The van der Waals surface area contributed by atoms with Crippen LogP contribution in [0.4, 0.5) is 4.39 Å². The molecule has 0 amide bonds. The molecule has 5 aromatic rings. The first-order valence-corrected chi connectivity index (χ1v) is 12.6. The molecule has 0 fully saturated rings. The van der Waals surface area contributed by atoms with Gasteiger partial charge >= 0.3 is 0 Å². The monoisotopic (exact) mass is 512 g/mol. The van der Waals surface area contributed by atoms with E-state index in [-0.39, 0.29) is 11.4 Å². The van der Waals surface area contributed by atoms with Crippen molar-refractivity contribution in [2.75, 3.05) is 13.2 Å². The summed E-state index contributed by atoms with van der Waals surface area (Å²) < 4.78 is 20.9. The highest BCUT2D eigenvalue weighted by Crippen LogP contribution is 2.29. The molecule has 2 heterocycles. The molecule has 0 spiro atoms. The molecule has 0 bridgehead atoms. The number of aromatic amines is 1. The molecule has 3 aromatic carbocycles. The predicted octanol–water partition coefficient (Wildman–Crippen LogP) is 4.71. The third-order valence-electron chi connectivity index (χ3n) is 6.50. The molecule has 38 heavy (non-hydrogen) atoms. The highest BCUT2D eigenvalue weighted by atomic mass is 19.1. The molecule has 5 rings (SSSR count). The Labute approximate surface area is 219 Å². The molecule has 0 saturated carbocycles. The van der Waals surface area contributed by atoms with Crippen LogP contribution in [0, 0.1) is 5.82 Å². The van der Waals surface area contributed by atoms with Crippen molar-refractivity contribution < 1.29 is 9.13 Å². The van der Waals surface area contributed by atoms with E-state index in [1.54, 1.807) is 16.8 Å². The number of nitrogens with zero attached hydrogens (tertiary/aromatic N) is 5. The molecule has 1 atom stereocenters. The van der Waals surface area contributed by atoms with Crippen molar-refractivity contribution in [3.05, 3.63) is 118 Å². The zero-order chi connectivity index (χ0) is 26.5. The largest absolute Gasteiger partial charge is 0.494 e.